The van der Waals surface area contributed by atoms with Gasteiger partial charge in [-0.3, -0.25) is 14.4 Å². The van der Waals surface area contributed by atoms with Gasteiger partial charge in [0.05, 0.1) is 7.11 Å². The standard InChI is InChI=1S/C17H21NO4/c1-12-3-5-13(6-4-12)7-8-16(20)18-10-9-15(19)14(11-18)17(21)22-2/h3-6,14H,7-11H2,1-2H3. The second kappa shape index (κ2) is 7.20. The number of Topliss-reactive ketones (excluding diaryl/α,β-unsaturated/α-hetero) is 1. The number of piperidine rings is 1. The van der Waals surface area contributed by atoms with Crippen molar-refractivity contribution in [1.82, 2.24) is 4.90 Å². The number of rotatable bonds is 4. The number of carbonyl (C=O) groups is 3. The second-order valence-electron chi connectivity index (χ2n) is 5.62. The molecule has 1 saturated heterocycles. The average molecular weight is 303 g/mol. The third-order valence-electron chi connectivity index (χ3n) is 4.01. The van der Waals surface area contributed by atoms with Crippen LogP contribution < -0.4 is 0 Å². The van der Waals surface area contributed by atoms with Gasteiger partial charge in [-0.1, -0.05) is 29.8 Å². The molecule has 118 valence electrons. The van der Waals surface area contributed by atoms with Gasteiger partial charge in [0.25, 0.3) is 0 Å². The second-order valence-corrected chi connectivity index (χ2v) is 5.62. The van der Waals surface area contributed by atoms with Crippen molar-refractivity contribution in [1.29, 1.82) is 0 Å². The molecule has 5 heteroatoms. The Kier molecular flexibility index (Phi) is 5.31. The van der Waals surface area contributed by atoms with Crippen LogP contribution in [0.4, 0.5) is 0 Å². The SMILES string of the molecule is COC(=O)C1CN(C(=O)CCc2ccc(C)cc2)CCC1=O. The molecule has 1 aromatic carbocycles. The lowest BCUT2D eigenvalue weighted by Crippen LogP contribution is -2.47. The first kappa shape index (κ1) is 16.2. The molecule has 1 amide bonds. The summed E-state index contributed by atoms with van der Waals surface area (Å²) in [4.78, 5) is 37.2. The third-order valence-corrected chi connectivity index (χ3v) is 4.01. The molecule has 0 radical (unpaired) electrons. The summed E-state index contributed by atoms with van der Waals surface area (Å²) in [6.07, 6.45) is 1.26. The highest BCUT2D eigenvalue weighted by Gasteiger charge is 2.35. The van der Waals surface area contributed by atoms with Crippen molar-refractivity contribution in [2.45, 2.75) is 26.2 Å². The smallest absolute Gasteiger partial charge is 0.318 e. The molecule has 0 saturated carbocycles. The molecular weight excluding hydrogens is 282 g/mol. The maximum atomic E-state index is 12.3. The molecule has 22 heavy (non-hydrogen) atoms. The fourth-order valence-electron chi connectivity index (χ4n) is 2.57. The summed E-state index contributed by atoms with van der Waals surface area (Å²) in [7, 11) is 1.26. The molecule has 0 spiro atoms. The van der Waals surface area contributed by atoms with E-state index in [0.29, 0.717) is 19.4 Å². The average Bonchev–Trinajstić information content (AvgIpc) is 2.53. The van der Waals surface area contributed by atoms with Gasteiger partial charge in [-0.15, -0.1) is 0 Å². The zero-order chi connectivity index (χ0) is 16.1. The molecule has 1 atom stereocenters. The van der Waals surface area contributed by atoms with E-state index >= 15 is 0 Å². The highest BCUT2D eigenvalue weighted by atomic mass is 16.5. The molecule has 5 nitrogen and oxygen atoms in total. The monoisotopic (exact) mass is 303 g/mol. The van der Waals surface area contributed by atoms with E-state index in [4.69, 9.17) is 0 Å². The van der Waals surface area contributed by atoms with Gasteiger partial charge in [-0.05, 0) is 18.9 Å². The van der Waals surface area contributed by atoms with Crippen LogP contribution in [0.5, 0.6) is 0 Å². The van der Waals surface area contributed by atoms with Crippen LogP contribution in [0.25, 0.3) is 0 Å². The van der Waals surface area contributed by atoms with Crippen molar-refractivity contribution in [2.24, 2.45) is 5.92 Å². The summed E-state index contributed by atoms with van der Waals surface area (Å²) in [5.74, 6) is -1.56. The predicted octanol–water partition coefficient (Wildman–Crippen LogP) is 1.52. The maximum absolute atomic E-state index is 12.3. The van der Waals surface area contributed by atoms with Crippen molar-refractivity contribution in [3.05, 3.63) is 35.4 Å². The Hall–Kier alpha value is -2.17. The highest BCUT2D eigenvalue weighted by molar-refractivity contribution is 6.00. The number of esters is 1. The third kappa shape index (κ3) is 3.93. The summed E-state index contributed by atoms with van der Waals surface area (Å²) in [6, 6.07) is 8.07. The van der Waals surface area contributed by atoms with Gasteiger partial charge in [-0.2, -0.15) is 0 Å². The number of ketones is 1. The molecule has 1 fully saturated rings. The molecule has 1 unspecified atom stereocenters. The number of carbonyl (C=O) groups excluding carboxylic acids is 3. The fraction of sp³-hybridized carbons (Fsp3) is 0.471. The summed E-state index contributed by atoms with van der Waals surface area (Å²) in [6.45, 7) is 2.55. The Balaban J connectivity index is 1.90. The van der Waals surface area contributed by atoms with Crippen LogP contribution in [0, 0.1) is 12.8 Å². The number of hydrogen-bond acceptors (Lipinski definition) is 4. The van der Waals surface area contributed by atoms with Gasteiger partial charge in [0.2, 0.25) is 5.91 Å². The van der Waals surface area contributed by atoms with Crippen LogP contribution in [0.2, 0.25) is 0 Å². The number of aryl methyl sites for hydroxylation is 2. The van der Waals surface area contributed by atoms with Crippen LogP contribution >= 0.6 is 0 Å². The van der Waals surface area contributed by atoms with Crippen LogP contribution in [-0.4, -0.2) is 42.8 Å². The summed E-state index contributed by atoms with van der Waals surface area (Å²) < 4.78 is 4.63. The van der Waals surface area contributed by atoms with Crippen molar-refractivity contribution in [2.75, 3.05) is 20.2 Å². The number of hydrogen-bond donors (Lipinski definition) is 0. The van der Waals surface area contributed by atoms with E-state index in [9.17, 15) is 14.4 Å². The lowest BCUT2D eigenvalue weighted by Gasteiger charge is -2.30. The molecule has 2 rings (SSSR count). The Morgan fingerprint density at radius 2 is 1.95 bits per heavy atom. The Bertz CT molecular complexity index is 557. The van der Waals surface area contributed by atoms with E-state index in [-0.39, 0.29) is 24.7 Å². The summed E-state index contributed by atoms with van der Waals surface area (Å²) in [5.41, 5.74) is 2.29. The Morgan fingerprint density at radius 3 is 2.59 bits per heavy atom. The van der Waals surface area contributed by atoms with Crippen LogP contribution in [-0.2, 0) is 25.5 Å². The van der Waals surface area contributed by atoms with E-state index in [1.54, 1.807) is 4.90 Å². The number of benzene rings is 1. The van der Waals surface area contributed by atoms with Crippen molar-refractivity contribution >= 4 is 17.7 Å². The minimum absolute atomic E-state index is 0.0259. The van der Waals surface area contributed by atoms with Gasteiger partial charge in [0, 0.05) is 25.9 Å². The molecule has 0 aromatic heterocycles. The lowest BCUT2D eigenvalue weighted by atomic mass is 9.96. The predicted molar refractivity (Wildman–Crippen MR) is 81.2 cm³/mol. The van der Waals surface area contributed by atoms with Crippen molar-refractivity contribution < 1.29 is 19.1 Å². The van der Waals surface area contributed by atoms with Crippen LogP contribution in [0.15, 0.2) is 24.3 Å². The van der Waals surface area contributed by atoms with E-state index in [1.807, 2.05) is 31.2 Å². The van der Waals surface area contributed by atoms with Crippen LogP contribution in [0.1, 0.15) is 24.0 Å². The number of ether oxygens (including phenoxy) is 1. The van der Waals surface area contributed by atoms with Crippen molar-refractivity contribution in [3.8, 4) is 0 Å². The zero-order valence-corrected chi connectivity index (χ0v) is 13.0. The molecule has 0 aliphatic carbocycles. The van der Waals surface area contributed by atoms with E-state index < -0.39 is 11.9 Å². The van der Waals surface area contributed by atoms with E-state index in [2.05, 4.69) is 4.74 Å². The maximum Gasteiger partial charge on any atom is 0.318 e. The van der Waals surface area contributed by atoms with E-state index in [1.165, 1.54) is 12.7 Å². The molecule has 1 heterocycles. The lowest BCUT2D eigenvalue weighted by molar-refractivity contribution is -0.153. The highest BCUT2D eigenvalue weighted by Crippen LogP contribution is 2.16. The number of methoxy groups -OCH3 is 1. The summed E-state index contributed by atoms with van der Waals surface area (Å²) in [5, 5.41) is 0. The largest absolute Gasteiger partial charge is 0.468 e. The van der Waals surface area contributed by atoms with E-state index in [0.717, 1.165) is 5.56 Å². The molecule has 1 aliphatic heterocycles. The quantitative estimate of drug-likeness (QED) is 0.625. The Labute approximate surface area is 130 Å². The van der Waals surface area contributed by atoms with Crippen LogP contribution in [0.3, 0.4) is 0 Å². The van der Waals surface area contributed by atoms with Gasteiger partial charge in [0.15, 0.2) is 5.78 Å². The first-order valence-corrected chi connectivity index (χ1v) is 7.45. The normalized spacial score (nSPS) is 18.2. The first-order chi connectivity index (χ1) is 10.5. The number of amides is 1. The van der Waals surface area contributed by atoms with Gasteiger partial charge in [-0.25, -0.2) is 0 Å². The van der Waals surface area contributed by atoms with Gasteiger partial charge >= 0.3 is 5.97 Å². The Morgan fingerprint density at radius 1 is 1.27 bits per heavy atom. The fourth-order valence-corrected chi connectivity index (χ4v) is 2.57. The van der Waals surface area contributed by atoms with Crippen molar-refractivity contribution in [3.63, 3.8) is 0 Å². The van der Waals surface area contributed by atoms with Gasteiger partial charge in [0.1, 0.15) is 5.92 Å². The molecule has 1 aliphatic rings. The first-order valence-electron chi connectivity index (χ1n) is 7.45. The number of likely N-dealkylation sites (tertiary alicyclic amines) is 1. The summed E-state index contributed by atoms with van der Waals surface area (Å²) >= 11 is 0. The minimum atomic E-state index is -0.831. The molecule has 1 aromatic rings. The van der Waals surface area contributed by atoms with Gasteiger partial charge < -0.3 is 9.64 Å². The molecule has 0 N–H and O–H groups in total. The minimum Gasteiger partial charge on any atom is -0.468 e. The molecular formula is C17H21NO4. The topological polar surface area (TPSA) is 63.7 Å². The number of nitrogens with zero attached hydrogens (tertiary/aromatic N) is 1. The zero-order valence-electron chi connectivity index (χ0n) is 13.0. The molecule has 0 bridgehead atoms.